The van der Waals surface area contributed by atoms with E-state index in [0.29, 0.717) is 23.4 Å². The number of aryl methyl sites for hydroxylation is 1. The number of furan rings is 1. The molecule has 2 saturated carbocycles. The van der Waals surface area contributed by atoms with Gasteiger partial charge in [-0.1, -0.05) is 5.57 Å². The van der Waals surface area contributed by atoms with Crippen LogP contribution in [0.15, 0.2) is 22.1 Å². The highest BCUT2D eigenvalue weighted by Gasteiger charge is 2.36. The van der Waals surface area contributed by atoms with Crippen molar-refractivity contribution < 1.29 is 19.1 Å². The van der Waals surface area contributed by atoms with E-state index in [2.05, 4.69) is 0 Å². The lowest BCUT2D eigenvalue weighted by molar-refractivity contribution is -0.125. The maximum absolute atomic E-state index is 12.3. The fraction of sp³-hybridized carbons (Fsp3) is 0.529. The van der Waals surface area contributed by atoms with Gasteiger partial charge >= 0.3 is 5.97 Å². The topological polar surface area (TPSA) is 70.8 Å². The predicted molar refractivity (Wildman–Crippen MR) is 80.4 cm³/mol. The molecule has 5 heteroatoms. The van der Waals surface area contributed by atoms with Crippen LogP contribution >= 0.6 is 0 Å². The predicted octanol–water partition coefficient (Wildman–Crippen LogP) is 2.99. The van der Waals surface area contributed by atoms with Crippen molar-refractivity contribution in [3.05, 3.63) is 34.8 Å². The highest BCUT2D eigenvalue weighted by molar-refractivity contribution is 5.89. The zero-order valence-electron chi connectivity index (χ0n) is 13.0. The van der Waals surface area contributed by atoms with Crippen molar-refractivity contribution in [2.45, 2.75) is 39.2 Å². The second kappa shape index (κ2) is 5.63. The first-order chi connectivity index (χ1) is 10.5. The van der Waals surface area contributed by atoms with E-state index in [1.165, 1.54) is 37.3 Å². The summed E-state index contributed by atoms with van der Waals surface area (Å²) in [4.78, 5) is 24.9. The first-order valence-electron chi connectivity index (χ1n) is 7.75. The lowest BCUT2D eigenvalue weighted by atomic mass is 10.1. The number of carboxylic acids is 1. The number of likely N-dealkylation sites (N-methyl/N-ethyl adjacent to an activating group) is 1. The van der Waals surface area contributed by atoms with Crippen LogP contribution in [0.3, 0.4) is 0 Å². The highest BCUT2D eigenvalue weighted by Crippen LogP contribution is 2.48. The standard InChI is InChI=1S/C17H21NO4/c1-10-14(17(20)21)7-13(22-10)9-18(2)16(19)8-15(11-3-4-11)12-5-6-12/h7-8,11-12H,3-6,9H2,1-2H3,(H,20,21). The Morgan fingerprint density at radius 3 is 2.36 bits per heavy atom. The minimum atomic E-state index is -1.01. The number of allylic oxidation sites excluding steroid dienone is 1. The van der Waals surface area contributed by atoms with Crippen LogP contribution in [-0.2, 0) is 11.3 Å². The average Bonchev–Trinajstić information content (AvgIpc) is 3.34. The first-order valence-corrected chi connectivity index (χ1v) is 7.75. The summed E-state index contributed by atoms with van der Waals surface area (Å²) in [6, 6.07) is 1.49. The summed E-state index contributed by atoms with van der Waals surface area (Å²) in [6.45, 7) is 1.90. The summed E-state index contributed by atoms with van der Waals surface area (Å²) in [5.74, 6) is 1.07. The van der Waals surface area contributed by atoms with Gasteiger partial charge in [-0.3, -0.25) is 4.79 Å². The van der Waals surface area contributed by atoms with Crippen molar-refractivity contribution in [2.75, 3.05) is 7.05 Å². The molecule has 0 aliphatic heterocycles. The van der Waals surface area contributed by atoms with Crippen LogP contribution in [0.2, 0.25) is 0 Å². The van der Waals surface area contributed by atoms with Crippen molar-refractivity contribution in [3.63, 3.8) is 0 Å². The van der Waals surface area contributed by atoms with E-state index in [-0.39, 0.29) is 18.0 Å². The zero-order chi connectivity index (χ0) is 15.9. The van der Waals surface area contributed by atoms with Crippen LogP contribution in [0.25, 0.3) is 0 Å². The van der Waals surface area contributed by atoms with Crippen molar-refractivity contribution in [1.82, 2.24) is 4.90 Å². The molecule has 0 atom stereocenters. The third kappa shape index (κ3) is 3.24. The number of hydrogen-bond acceptors (Lipinski definition) is 3. The minimum Gasteiger partial charge on any atom is -0.478 e. The summed E-state index contributed by atoms with van der Waals surface area (Å²) >= 11 is 0. The van der Waals surface area contributed by atoms with Crippen LogP contribution in [0.1, 0.15) is 47.6 Å². The number of rotatable bonds is 6. The van der Waals surface area contributed by atoms with Crippen molar-refractivity contribution >= 4 is 11.9 Å². The van der Waals surface area contributed by atoms with Crippen LogP contribution in [-0.4, -0.2) is 28.9 Å². The molecule has 0 saturated heterocycles. The van der Waals surface area contributed by atoms with Gasteiger partial charge in [-0.25, -0.2) is 4.79 Å². The highest BCUT2D eigenvalue weighted by atomic mass is 16.4. The van der Waals surface area contributed by atoms with E-state index < -0.39 is 5.97 Å². The lowest BCUT2D eigenvalue weighted by Crippen LogP contribution is -2.24. The van der Waals surface area contributed by atoms with Crippen molar-refractivity contribution in [2.24, 2.45) is 11.8 Å². The first kappa shape index (κ1) is 14.9. The Balaban J connectivity index is 1.67. The van der Waals surface area contributed by atoms with Gasteiger partial charge in [-0.2, -0.15) is 0 Å². The second-order valence-corrected chi connectivity index (χ2v) is 6.37. The van der Waals surface area contributed by atoms with Crippen molar-refractivity contribution in [1.29, 1.82) is 0 Å². The Kier molecular flexibility index (Phi) is 3.81. The van der Waals surface area contributed by atoms with Gasteiger partial charge < -0.3 is 14.4 Å². The molecule has 1 heterocycles. The molecule has 0 aromatic carbocycles. The van der Waals surface area contributed by atoms with Gasteiger partial charge in [0.15, 0.2) is 0 Å². The Morgan fingerprint density at radius 2 is 1.91 bits per heavy atom. The Labute approximate surface area is 129 Å². The molecule has 0 spiro atoms. The molecular weight excluding hydrogens is 282 g/mol. The van der Waals surface area contributed by atoms with E-state index in [9.17, 15) is 9.59 Å². The van der Waals surface area contributed by atoms with Gasteiger partial charge in [-0.15, -0.1) is 0 Å². The normalized spacial score (nSPS) is 17.2. The minimum absolute atomic E-state index is 0.0280. The molecule has 3 rings (SSSR count). The molecule has 1 N–H and O–H groups in total. The summed E-state index contributed by atoms with van der Waals surface area (Å²) in [7, 11) is 1.72. The molecule has 1 aromatic heterocycles. The van der Waals surface area contributed by atoms with Gasteiger partial charge in [0.25, 0.3) is 0 Å². The molecule has 1 amide bonds. The number of carbonyl (C=O) groups is 2. The van der Waals surface area contributed by atoms with E-state index in [1.807, 2.05) is 0 Å². The van der Waals surface area contributed by atoms with Gasteiger partial charge in [0.1, 0.15) is 17.1 Å². The van der Waals surface area contributed by atoms with Gasteiger partial charge in [0.2, 0.25) is 5.91 Å². The van der Waals surface area contributed by atoms with E-state index in [0.717, 1.165) is 0 Å². The molecule has 2 aliphatic rings. The number of amides is 1. The molecule has 0 radical (unpaired) electrons. The number of nitrogens with zero attached hydrogens (tertiary/aromatic N) is 1. The fourth-order valence-electron chi connectivity index (χ4n) is 2.80. The summed E-state index contributed by atoms with van der Waals surface area (Å²) in [5, 5.41) is 9.03. The zero-order valence-corrected chi connectivity index (χ0v) is 13.0. The summed E-state index contributed by atoms with van der Waals surface area (Å²) in [6.07, 6.45) is 6.62. The van der Waals surface area contributed by atoms with Crippen LogP contribution < -0.4 is 0 Å². The molecule has 22 heavy (non-hydrogen) atoms. The monoisotopic (exact) mass is 303 g/mol. The third-order valence-corrected chi connectivity index (χ3v) is 4.36. The smallest absolute Gasteiger partial charge is 0.339 e. The summed E-state index contributed by atoms with van der Waals surface area (Å²) in [5.41, 5.74) is 1.47. The molecule has 5 nitrogen and oxygen atoms in total. The molecule has 2 fully saturated rings. The van der Waals surface area contributed by atoms with Gasteiger partial charge in [-0.05, 0) is 50.5 Å². The average molecular weight is 303 g/mol. The lowest BCUT2D eigenvalue weighted by Gasteiger charge is -2.14. The molecule has 1 aromatic rings. The van der Waals surface area contributed by atoms with Crippen LogP contribution in [0, 0.1) is 18.8 Å². The second-order valence-electron chi connectivity index (χ2n) is 6.37. The molecule has 2 aliphatic carbocycles. The van der Waals surface area contributed by atoms with E-state index in [1.54, 1.807) is 24.9 Å². The van der Waals surface area contributed by atoms with Gasteiger partial charge in [0.05, 0.1) is 6.54 Å². The van der Waals surface area contributed by atoms with Crippen LogP contribution in [0.4, 0.5) is 0 Å². The number of hydrogen-bond donors (Lipinski definition) is 1. The maximum Gasteiger partial charge on any atom is 0.339 e. The van der Waals surface area contributed by atoms with E-state index in [4.69, 9.17) is 9.52 Å². The quantitative estimate of drug-likeness (QED) is 0.820. The molecule has 0 unspecified atom stereocenters. The SMILES string of the molecule is Cc1oc(CN(C)C(=O)C=C(C2CC2)C2CC2)cc1C(=O)O. The fourth-order valence-corrected chi connectivity index (χ4v) is 2.80. The molecule has 118 valence electrons. The Hall–Kier alpha value is -2.04. The Bertz CT molecular complexity index is 621. The maximum atomic E-state index is 12.3. The third-order valence-electron chi connectivity index (χ3n) is 4.36. The summed E-state index contributed by atoms with van der Waals surface area (Å²) < 4.78 is 5.43. The largest absolute Gasteiger partial charge is 0.478 e. The Morgan fingerprint density at radius 1 is 1.32 bits per heavy atom. The van der Waals surface area contributed by atoms with E-state index >= 15 is 0 Å². The molecular formula is C17H21NO4. The van der Waals surface area contributed by atoms with Crippen molar-refractivity contribution in [3.8, 4) is 0 Å². The number of carboxylic acid groups (broad SMARTS) is 1. The number of aromatic carboxylic acids is 1. The van der Waals surface area contributed by atoms with Gasteiger partial charge in [0, 0.05) is 13.1 Å². The number of carbonyl (C=O) groups excluding carboxylic acids is 1. The molecule has 0 bridgehead atoms. The van der Waals surface area contributed by atoms with Crippen LogP contribution in [0.5, 0.6) is 0 Å².